The van der Waals surface area contributed by atoms with E-state index in [2.05, 4.69) is 29.8 Å². The SMILES string of the molecule is CCC(C)(COC1CCCCC1Br)OC. The van der Waals surface area contributed by atoms with Gasteiger partial charge in [0.15, 0.2) is 0 Å². The molecule has 3 atom stereocenters. The van der Waals surface area contributed by atoms with Crippen LogP contribution in [0.1, 0.15) is 46.0 Å². The molecule has 0 heterocycles. The Hall–Kier alpha value is 0.400. The molecule has 0 amide bonds. The summed E-state index contributed by atoms with van der Waals surface area (Å²) in [5.74, 6) is 0. The topological polar surface area (TPSA) is 18.5 Å². The van der Waals surface area contributed by atoms with Gasteiger partial charge in [0.2, 0.25) is 0 Å². The van der Waals surface area contributed by atoms with E-state index in [1.54, 1.807) is 7.11 Å². The number of rotatable bonds is 5. The van der Waals surface area contributed by atoms with Gasteiger partial charge in [0.1, 0.15) is 0 Å². The minimum Gasteiger partial charge on any atom is -0.376 e. The summed E-state index contributed by atoms with van der Waals surface area (Å²) in [5, 5.41) is 0. The van der Waals surface area contributed by atoms with Crippen molar-refractivity contribution >= 4 is 15.9 Å². The first-order valence-corrected chi connectivity index (χ1v) is 6.83. The molecule has 0 bridgehead atoms. The third kappa shape index (κ3) is 4.04. The van der Waals surface area contributed by atoms with Crippen LogP contribution in [0.25, 0.3) is 0 Å². The summed E-state index contributed by atoms with van der Waals surface area (Å²) < 4.78 is 11.4. The fraction of sp³-hybridized carbons (Fsp3) is 1.00. The first-order valence-electron chi connectivity index (χ1n) is 5.92. The van der Waals surface area contributed by atoms with Crippen LogP contribution in [0.4, 0.5) is 0 Å². The predicted octanol–water partition coefficient (Wildman–Crippen LogP) is 3.52. The van der Waals surface area contributed by atoms with Crippen LogP contribution in [0.2, 0.25) is 0 Å². The predicted molar refractivity (Wildman–Crippen MR) is 66.6 cm³/mol. The van der Waals surface area contributed by atoms with E-state index in [0.717, 1.165) is 6.42 Å². The van der Waals surface area contributed by atoms with E-state index in [0.29, 0.717) is 17.5 Å². The molecule has 2 nitrogen and oxygen atoms in total. The molecule has 0 aromatic heterocycles. The summed E-state index contributed by atoms with van der Waals surface area (Å²) in [7, 11) is 1.76. The van der Waals surface area contributed by atoms with Crippen molar-refractivity contribution in [1.29, 1.82) is 0 Å². The number of alkyl halides is 1. The number of hydrogen-bond donors (Lipinski definition) is 0. The van der Waals surface area contributed by atoms with Gasteiger partial charge in [0, 0.05) is 11.9 Å². The maximum Gasteiger partial charge on any atom is 0.0880 e. The molecule has 0 aliphatic heterocycles. The second-order valence-electron chi connectivity index (χ2n) is 4.66. The average molecular weight is 279 g/mol. The van der Waals surface area contributed by atoms with Crippen molar-refractivity contribution < 1.29 is 9.47 Å². The van der Waals surface area contributed by atoms with Crippen molar-refractivity contribution in [3.05, 3.63) is 0 Å². The van der Waals surface area contributed by atoms with Crippen molar-refractivity contribution in [3.63, 3.8) is 0 Å². The van der Waals surface area contributed by atoms with Crippen LogP contribution in [0.5, 0.6) is 0 Å². The van der Waals surface area contributed by atoms with Crippen molar-refractivity contribution in [1.82, 2.24) is 0 Å². The lowest BCUT2D eigenvalue weighted by Crippen LogP contribution is -2.37. The van der Waals surface area contributed by atoms with E-state index < -0.39 is 0 Å². The van der Waals surface area contributed by atoms with Crippen LogP contribution in [0.15, 0.2) is 0 Å². The van der Waals surface area contributed by atoms with Gasteiger partial charge in [-0.3, -0.25) is 0 Å². The fourth-order valence-electron chi connectivity index (χ4n) is 1.83. The van der Waals surface area contributed by atoms with Gasteiger partial charge in [0.25, 0.3) is 0 Å². The number of ether oxygens (including phenoxy) is 2. The van der Waals surface area contributed by atoms with E-state index >= 15 is 0 Å². The maximum atomic E-state index is 5.97. The molecular formula is C12H23BrO2. The summed E-state index contributed by atoms with van der Waals surface area (Å²) >= 11 is 3.70. The van der Waals surface area contributed by atoms with Crippen LogP contribution < -0.4 is 0 Å². The van der Waals surface area contributed by atoms with Crippen LogP contribution in [-0.2, 0) is 9.47 Å². The fourth-order valence-corrected chi connectivity index (χ4v) is 2.57. The zero-order valence-corrected chi connectivity index (χ0v) is 11.7. The molecular weight excluding hydrogens is 256 g/mol. The number of hydrogen-bond acceptors (Lipinski definition) is 2. The Morgan fingerprint density at radius 2 is 2.00 bits per heavy atom. The van der Waals surface area contributed by atoms with Gasteiger partial charge in [-0.2, -0.15) is 0 Å². The summed E-state index contributed by atoms with van der Waals surface area (Å²) in [6, 6.07) is 0. The van der Waals surface area contributed by atoms with E-state index in [1.807, 2.05) is 0 Å². The Balaban J connectivity index is 2.34. The molecule has 1 fully saturated rings. The third-order valence-corrected chi connectivity index (χ3v) is 4.51. The molecule has 0 N–H and O–H groups in total. The highest BCUT2D eigenvalue weighted by atomic mass is 79.9. The highest BCUT2D eigenvalue weighted by Crippen LogP contribution is 2.28. The van der Waals surface area contributed by atoms with Crippen molar-refractivity contribution in [2.45, 2.75) is 62.5 Å². The van der Waals surface area contributed by atoms with E-state index in [-0.39, 0.29) is 5.60 Å². The van der Waals surface area contributed by atoms with Gasteiger partial charge in [-0.25, -0.2) is 0 Å². The van der Waals surface area contributed by atoms with Gasteiger partial charge in [-0.15, -0.1) is 0 Å². The summed E-state index contributed by atoms with van der Waals surface area (Å²) in [5.41, 5.74) is -0.121. The normalized spacial score (nSPS) is 31.2. The second-order valence-corrected chi connectivity index (χ2v) is 5.83. The zero-order valence-electron chi connectivity index (χ0n) is 10.1. The molecule has 90 valence electrons. The average Bonchev–Trinajstić information content (AvgIpc) is 2.28. The van der Waals surface area contributed by atoms with Gasteiger partial charge in [-0.1, -0.05) is 35.7 Å². The van der Waals surface area contributed by atoms with E-state index in [1.165, 1.54) is 25.7 Å². The van der Waals surface area contributed by atoms with Crippen LogP contribution in [-0.4, -0.2) is 30.2 Å². The van der Waals surface area contributed by atoms with Crippen LogP contribution in [0, 0.1) is 0 Å². The minimum absolute atomic E-state index is 0.121. The highest BCUT2D eigenvalue weighted by molar-refractivity contribution is 9.09. The lowest BCUT2D eigenvalue weighted by atomic mass is 9.97. The summed E-state index contributed by atoms with van der Waals surface area (Å²) in [4.78, 5) is 0.532. The summed E-state index contributed by atoms with van der Waals surface area (Å²) in [6.07, 6.45) is 6.40. The molecule has 0 aromatic carbocycles. The number of halogens is 1. The second kappa shape index (κ2) is 6.21. The van der Waals surface area contributed by atoms with E-state index in [4.69, 9.17) is 9.47 Å². The Bertz CT molecular complexity index is 180. The lowest BCUT2D eigenvalue weighted by molar-refractivity contribution is -0.0913. The van der Waals surface area contributed by atoms with Crippen LogP contribution in [0.3, 0.4) is 0 Å². The molecule has 3 heteroatoms. The van der Waals surface area contributed by atoms with Gasteiger partial charge < -0.3 is 9.47 Å². The molecule has 1 rings (SSSR count). The first-order chi connectivity index (χ1) is 7.11. The highest BCUT2D eigenvalue weighted by Gasteiger charge is 2.28. The molecule has 1 saturated carbocycles. The smallest absolute Gasteiger partial charge is 0.0880 e. The maximum absolute atomic E-state index is 5.97. The van der Waals surface area contributed by atoms with E-state index in [9.17, 15) is 0 Å². The monoisotopic (exact) mass is 278 g/mol. The molecule has 1 aliphatic carbocycles. The van der Waals surface area contributed by atoms with Crippen molar-refractivity contribution in [3.8, 4) is 0 Å². The van der Waals surface area contributed by atoms with Gasteiger partial charge in [-0.05, 0) is 26.2 Å². The molecule has 0 saturated heterocycles. The molecule has 0 aromatic rings. The van der Waals surface area contributed by atoms with Crippen LogP contribution >= 0.6 is 15.9 Å². The molecule has 0 radical (unpaired) electrons. The molecule has 1 aliphatic rings. The van der Waals surface area contributed by atoms with Crippen molar-refractivity contribution in [2.24, 2.45) is 0 Å². The van der Waals surface area contributed by atoms with Crippen molar-refractivity contribution in [2.75, 3.05) is 13.7 Å². The third-order valence-electron chi connectivity index (χ3n) is 3.47. The Morgan fingerprint density at radius 1 is 1.33 bits per heavy atom. The van der Waals surface area contributed by atoms with Gasteiger partial charge in [0.05, 0.1) is 18.3 Å². The Morgan fingerprint density at radius 3 is 2.53 bits per heavy atom. The summed E-state index contributed by atoms with van der Waals surface area (Å²) in [6.45, 7) is 4.95. The Kier molecular flexibility index (Phi) is 5.58. The van der Waals surface area contributed by atoms with Gasteiger partial charge >= 0.3 is 0 Å². The lowest BCUT2D eigenvalue weighted by Gasteiger charge is -2.32. The zero-order chi connectivity index (χ0) is 11.3. The minimum atomic E-state index is -0.121. The largest absolute Gasteiger partial charge is 0.376 e. The standard InChI is InChI=1S/C12H23BrO2/c1-4-12(2,14-3)9-15-11-8-6-5-7-10(11)13/h10-11H,4-9H2,1-3H3. The Labute approximate surface area is 102 Å². The molecule has 15 heavy (non-hydrogen) atoms. The number of methoxy groups -OCH3 is 1. The first kappa shape index (κ1) is 13.5. The quantitative estimate of drug-likeness (QED) is 0.717. The molecule has 3 unspecified atom stereocenters. The molecule has 0 spiro atoms.